The maximum atomic E-state index is 5.61. The first-order valence-electron chi connectivity index (χ1n) is 5.60. The Morgan fingerprint density at radius 1 is 1.06 bits per heavy atom. The summed E-state index contributed by atoms with van der Waals surface area (Å²) < 4.78 is 0. The molecule has 1 heterocycles. The fourth-order valence-electron chi connectivity index (χ4n) is 1.71. The minimum absolute atomic E-state index is 0.700. The molecule has 0 atom stereocenters. The number of aromatic nitrogens is 1. The molecule has 2 nitrogen and oxygen atoms in total. The van der Waals surface area contributed by atoms with Gasteiger partial charge in [0.1, 0.15) is 0 Å². The van der Waals surface area contributed by atoms with Crippen LogP contribution in [0.3, 0.4) is 0 Å². The second-order valence-electron chi connectivity index (χ2n) is 3.92. The number of nitrogen functional groups attached to an aromatic ring is 1. The van der Waals surface area contributed by atoms with Crippen LogP contribution in [-0.2, 0) is 6.42 Å². The average Bonchev–Trinajstić information content (AvgIpc) is 2.32. The summed E-state index contributed by atoms with van der Waals surface area (Å²) in [5, 5.41) is 0. The van der Waals surface area contributed by atoms with Crippen LogP contribution in [0, 0.1) is 0 Å². The van der Waals surface area contributed by atoms with E-state index in [2.05, 4.69) is 36.2 Å². The number of nitrogens with two attached hydrogens (primary N) is 1. The quantitative estimate of drug-likeness (QED) is 0.848. The van der Waals surface area contributed by atoms with Crippen LogP contribution >= 0.6 is 0 Å². The van der Waals surface area contributed by atoms with Gasteiger partial charge in [-0.2, -0.15) is 0 Å². The predicted molar refractivity (Wildman–Crippen MR) is 68.1 cm³/mol. The van der Waals surface area contributed by atoms with Crippen LogP contribution in [-0.4, -0.2) is 4.98 Å². The molecule has 0 unspecified atom stereocenters. The summed E-state index contributed by atoms with van der Waals surface area (Å²) in [4.78, 5) is 4.30. The van der Waals surface area contributed by atoms with Gasteiger partial charge >= 0.3 is 0 Å². The molecule has 82 valence electrons. The predicted octanol–water partition coefficient (Wildman–Crippen LogP) is 3.28. The third-order valence-electron chi connectivity index (χ3n) is 2.57. The smallest absolute Gasteiger partial charge is 0.0703 e. The largest absolute Gasteiger partial charge is 0.397 e. The topological polar surface area (TPSA) is 38.9 Å². The lowest BCUT2D eigenvalue weighted by atomic mass is 10.1. The second kappa shape index (κ2) is 4.79. The van der Waals surface area contributed by atoms with E-state index in [4.69, 9.17) is 5.73 Å². The molecule has 0 aliphatic rings. The molecule has 1 aromatic heterocycles. The molecule has 0 saturated carbocycles. The molecular weight excluding hydrogens is 196 g/mol. The molecule has 0 saturated heterocycles. The van der Waals surface area contributed by atoms with Crippen LogP contribution < -0.4 is 5.73 Å². The van der Waals surface area contributed by atoms with Crippen molar-refractivity contribution in [3.05, 3.63) is 48.2 Å². The Balaban J connectivity index is 2.24. The van der Waals surface area contributed by atoms with Crippen molar-refractivity contribution in [2.45, 2.75) is 19.8 Å². The first kappa shape index (κ1) is 10.7. The van der Waals surface area contributed by atoms with E-state index >= 15 is 0 Å². The molecule has 0 amide bonds. The number of pyridine rings is 1. The van der Waals surface area contributed by atoms with E-state index < -0.39 is 0 Å². The van der Waals surface area contributed by atoms with E-state index in [1.807, 2.05) is 12.1 Å². The SMILES string of the molecule is CCCc1ccc(-c2ccc(N)cn2)cc1. The van der Waals surface area contributed by atoms with E-state index in [-0.39, 0.29) is 0 Å². The third-order valence-corrected chi connectivity index (χ3v) is 2.57. The summed E-state index contributed by atoms with van der Waals surface area (Å²) in [7, 11) is 0. The molecule has 1 aromatic carbocycles. The van der Waals surface area contributed by atoms with Crippen LogP contribution in [0.5, 0.6) is 0 Å². The molecular formula is C14H16N2. The zero-order valence-corrected chi connectivity index (χ0v) is 9.48. The van der Waals surface area contributed by atoms with Gasteiger partial charge in [-0.1, -0.05) is 37.6 Å². The lowest BCUT2D eigenvalue weighted by molar-refractivity contribution is 0.922. The van der Waals surface area contributed by atoms with Gasteiger partial charge in [0, 0.05) is 5.56 Å². The Labute approximate surface area is 96.1 Å². The van der Waals surface area contributed by atoms with Gasteiger partial charge in [0.2, 0.25) is 0 Å². The van der Waals surface area contributed by atoms with E-state index in [9.17, 15) is 0 Å². The molecule has 0 bridgehead atoms. The Bertz CT molecular complexity index is 443. The third kappa shape index (κ3) is 2.40. The molecule has 0 spiro atoms. The minimum atomic E-state index is 0.700. The van der Waals surface area contributed by atoms with Crippen LogP contribution in [0.4, 0.5) is 5.69 Å². The van der Waals surface area contributed by atoms with Gasteiger partial charge in [0.25, 0.3) is 0 Å². The van der Waals surface area contributed by atoms with Crippen LogP contribution in [0.1, 0.15) is 18.9 Å². The monoisotopic (exact) mass is 212 g/mol. The number of nitrogens with zero attached hydrogens (tertiary/aromatic N) is 1. The number of benzene rings is 1. The van der Waals surface area contributed by atoms with Crippen LogP contribution in [0.2, 0.25) is 0 Å². The number of hydrogen-bond donors (Lipinski definition) is 1. The van der Waals surface area contributed by atoms with Crippen molar-refractivity contribution < 1.29 is 0 Å². The molecule has 0 fully saturated rings. The van der Waals surface area contributed by atoms with Gasteiger partial charge < -0.3 is 5.73 Å². The Morgan fingerprint density at radius 2 is 1.81 bits per heavy atom. The summed E-state index contributed by atoms with van der Waals surface area (Å²) in [6.45, 7) is 2.19. The van der Waals surface area contributed by atoms with E-state index in [1.54, 1.807) is 6.20 Å². The molecule has 0 aliphatic carbocycles. The lowest BCUT2D eigenvalue weighted by Gasteiger charge is -2.03. The fourth-order valence-corrected chi connectivity index (χ4v) is 1.71. The van der Waals surface area contributed by atoms with Crippen LogP contribution in [0.25, 0.3) is 11.3 Å². The van der Waals surface area contributed by atoms with Gasteiger partial charge in [-0.3, -0.25) is 4.98 Å². The highest BCUT2D eigenvalue weighted by Gasteiger charge is 1.98. The highest BCUT2D eigenvalue weighted by atomic mass is 14.7. The standard InChI is InChI=1S/C14H16N2/c1-2-3-11-4-6-12(7-5-11)14-9-8-13(15)10-16-14/h4-10H,2-3,15H2,1H3. The molecule has 2 N–H and O–H groups in total. The van der Waals surface area contributed by atoms with Gasteiger partial charge in [-0.15, -0.1) is 0 Å². The minimum Gasteiger partial charge on any atom is -0.397 e. The van der Waals surface area contributed by atoms with Crippen molar-refractivity contribution in [2.75, 3.05) is 5.73 Å². The van der Waals surface area contributed by atoms with Crippen molar-refractivity contribution in [3.8, 4) is 11.3 Å². The van der Waals surface area contributed by atoms with Gasteiger partial charge in [-0.25, -0.2) is 0 Å². The normalized spacial score (nSPS) is 10.3. The highest BCUT2D eigenvalue weighted by Crippen LogP contribution is 2.18. The Hall–Kier alpha value is -1.83. The van der Waals surface area contributed by atoms with Crippen LogP contribution in [0.15, 0.2) is 42.6 Å². The summed E-state index contributed by atoms with van der Waals surface area (Å²) in [6.07, 6.45) is 4.00. The average molecular weight is 212 g/mol. The highest BCUT2D eigenvalue weighted by molar-refractivity contribution is 5.60. The lowest BCUT2D eigenvalue weighted by Crippen LogP contribution is -1.89. The molecule has 0 aliphatic heterocycles. The van der Waals surface area contributed by atoms with Crippen molar-refractivity contribution in [2.24, 2.45) is 0 Å². The van der Waals surface area contributed by atoms with Gasteiger partial charge in [-0.05, 0) is 24.1 Å². The van der Waals surface area contributed by atoms with Crippen molar-refractivity contribution in [3.63, 3.8) is 0 Å². The summed E-state index contributed by atoms with van der Waals surface area (Å²) in [5.74, 6) is 0. The maximum Gasteiger partial charge on any atom is 0.0703 e. The number of anilines is 1. The second-order valence-corrected chi connectivity index (χ2v) is 3.92. The van der Waals surface area contributed by atoms with Crippen molar-refractivity contribution >= 4 is 5.69 Å². The summed E-state index contributed by atoms with van der Waals surface area (Å²) in [5.41, 5.74) is 9.79. The molecule has 16 heavy (non-hydrogen) atoms. The maximum absolute atomic E-state index is 5.61. The zero-order valence-electron chi connectivity index (χ0n) is 9.48. The van der Waals surface area contributed by atoms with Gasteiger partial charge in [0.15, 0.2) is 0 Å². The number of aryl methyl sites for hydroxylation is 1. The zero-order chi connectivity index (χ0) is 11.4. The number of rotatable bonds is 3. The summed E-state index contributed by atoms with van der Waals surface area (Å²) in [6, 6.07) is 12.4. The Kier molecular flexibility index (Phi) is 3.20. The molecule has 2 heteroatoms. The van der Waals surface area contributed by atoms with E-state index in [1.165, 1.54) is 12.0 Å². The van der Waals surface area contributed by atoms with E-state index in [0.29, 0.717) is 5.69 Å². The fraction of sp³-hybridized carbons (Fsp3) is 0.214. The molecule has 2 aromatic rings. The first-order chi connectivity index (χ1) is 7.79. The van der Waals surface area contributed by atoms with Crippen molar-refractivity contribution in [1.82, 2.24) is 4.98 Å². The Morgan fingerprint density at radius 3 is 2.38 bits per heavy atom. The first-order valence-corrected chi connectivity index (χ1v) is 5.60. The number of hydrogen-bond acceptors (Lipinski definition) is 2. The van der Waals surface area contributed by atoms with Crippen molar-refractivity contribution in [1.29, 1.82) is 0 Å². The summed E-state index contributed by atoms with van der Waals surface area (Å²) >= 11 is 0. The van der Waals surface area contributed by atoms with E-state index in [0.717, 1.165) is 17.7 Å². The molecule has 2 rings (SSSR count). The van der Waals surface area contributed by atoms with Gasteiger partial charge in [0.05, 0.1) is 17.6 Å². The molecule has 0 radical (unpaired) electrons.